The van der Waals surface area contributed by atoms with E-state index in [2.05, 4.69) is 10.6 Å². The molecule has 0 saturated heterocycles. The molecule has 6 nitrogen and oxygen atoms in total. The molecule has 0 amide bonds. The van der Waals surface area contributed by atoms with E-state index in [1.165, 1.54) is 23.5 Å². The number of carbonyl (C=O) groups is 2. The molecule has 0 spiro atoms. The van der Waals surface area contributed by atoms with E-state index in [-0.39, 0.29) is 11.5 Å². The first-order chi connectivity index (χ1) is 7.13. The summed E-state index contributed by atoms with van der Waals surface area (Å²) in [5, 5.41) is 22.5. The van der Waals surface area contributed by atoms with E-state index < -0.39 is 11.9 Å². The molecule has 0 heterocycles. The van der Waals surface area contributed by atoms with Crippen molar-refractivity contribution in [3.05, 3.63) is 0 Å². The topological polar surface area (TPSA) is 98.7 Å². The van der Waals surface area contributed by atoms with Gasteiger partial charge in [0.05, 0.1) is 11.5 Å². The van der Waals surface area contributed by atoms with Gasteiger partial charge in [0.2, 0.25) is 0 Å². The van der Waals surface area contributed by atoms with Gasteiger partial charge < -0.3 is 10.2 Å². The summed E-state index contributed by atoms with van der Waals surface area (Å²) in [5.74, 6) is -0.369. The molecular formula is C7H14N2O4S2. The first kappa shape index (κ1) is 14.6. The van der Waals surface area contributed by atoms with Crippen molar-refractivity contribution in [2.75, 3.05) is 29.9 Å². The lowest BCUT2D eigenvalue weighted by molar-refractivity contribution is -0.134. The van der Waals surface area contributed by atoms with Crippen LogP contribution in [0.5, 0.6) is 0 Å². The van der Waals surface area contributed by atoms with E-state index in [4.69, 9.17) is 10.2 Å². The van der Waals surface area contributed by atoms with Gasteiger partial charge in [-0.05, 0) is 0 Å². The van der Waals surface area contributed by atoms with Gasteiger partial charge in [-0.15, -0.1) is 23.5 Å². The summed E-state index contributed by atoms with van der Waals surface area (Å²) in [6, 6.07) is 0. The van der Waals surface area contributed by atoms with E-state index in [0.29, 0.717) is 18.4 Å². The Kier molecular flexibility index (Phi) is 9.79. The first-order valence-electron chi connectivity index (χ1n) is 4.13. The molecule has 0 atom stereocenters. The predicted octanol–water partition coefficient (Wildman–Crippen LogP) is -0.326. The van der Waals surface area contributed by atoms with Crippen molar-refractivity contribution in [1.29, 1.82) is 0 Å². The number of hydrogen-bond acceptors (Lipinski definition) is 6. The molecule has 8 heteroatoms. The van der Waals surface area contributed by atoms with Crippen molar-refractivity contribution in [2.24, 2.45) is 0 Å². The highest BCUT2D eigenvalue weighted by Crippen LogP contribution is 1.96. The number of carboxylic acids is 2. The van der Waals surface area contributed by atoms with Crippen molar-refractivity contribution in [2.45, 2.75) is 0 Å². The van der Waals surface area contributed by atoms with Crippen molar-refractivity contribution in [3.63, 3.8) is 0 Å². The van der Waals surface area contributed by atoms with Crippen LogP contribution in [0.1, 0.15) is 0 Å². The van der Waals surface area contributed by atoms with Crippen LogP contribution in [-0.4, -0.2) is 52.1 Å². The van der Waals surface area contributed by atoms with Crippen LogP contribution in [-0.2, 0) is 9.59 Å². The molecule has 0 aromatic heterocycles. The van der Waals surface area contributed by atoms with Gasteiger partial charge >= 0.3 is 11.9 Å². The summed E-state index contributed by atoms with van der Waals surface area (Å²) >= 11 is 2.56. The zero-order valence-corrected chi connectivity index (χ0v) is 9.70. The Bertz CT molecular complexity index is 183. The lowest BCUT2D eigenvalue weighted by atomic mass is 10.8. The SMILES string of the molecule is O=C(O)CSCNCNCSCC(=O)O. The quantitative estimate of drug-likeness (QED) is 0.311. The number of aliphatic carboxylic acids is 2. The molecule has 88 valence electrons. The standard InChI is InChI=1S/C7H14N2O4S2/c10-6(11)1-14-4-8-3-9-5-15-2-7(12)13/h8-9H,1-5H2,(H,10,11)(H,12,13). The van der Waals surface area contributed by atoms with Crippen molar-refractivity contribution in [3.8, 4) is 0 Å². The summed E-state index contributed by atoms with van der Waals surface area (Å²) in [6.07, 6.45) is 0. The average Bonchev–Trinajstić information content (AvgIpc) is 2.14. The zero-order chi connectivity index (χ0) is 11.5. The molecule has 0 radical (unpaired) electrons. The molecule has 0 aliphatic heterocycles. The minimum atomic E-state index is -0.827. The van der Waals surface area contributed by atoms with Crippen LogP contribution in [0.15, 0.2) is 0 Å². The predicted molar refractivity (Wildman–Crippen MR) is 61.1 cm³/mol. The Morgan fingerprint density at radius 2 is 1.33 bits per heavy atom. The van der Waals surface area contributed by atoms with E-state index >= 15 is 0 Å². The number of nitrogens with one attached hydrogen (secondary N) is 2. The smallest absolute Gasteiger partial charge is 0.313 e. The van der Waals surface area contributed by atoms with Gasteiger partial charge in [0.25, 0.3) is 0 Å². The lowest BCUT2D eigenvalue weighted by Gasteiger charge is -2.04. The Labute approximate surface area is 96.2 Å². The van der Waals surface area contributed by atoms with E-state index in [1.807, 2.05) is 0 Å². The Morgan fingerprint density at radius 3 is 1.67 bits per heavy atom. The summed E-state index contributed by atoms with van der Waals surface area (Å²) in [7, 11) is 0. The normalized spacial score (nSPS) is 10.1. The second-order valence-corrected chi connectivity index (χ2v) is 4.42. The second kappa shape index (κ2) is 10.1. The molecule has 0 unspecified atom stereocenters. The number of thioether (sulfide) groups is 2. The Balaban J connectivity index is 2.99. The van der Waals surface area contributed by atoms with Gasteiger partial charge in [0, 0.05) is 18.4 Å². The largest absolute Gasteiger partial charge is 0.481 e. The van der Waals surface area contributed by atoms with Crippen LogP contribution in [0.25, 0.3) is 0 Å². The highest BCUT2D eigenvalue weighted by atomic mass is 32.2. The fraction of sp³-hybridized carbons (Fsp3) is 0.714. The third-order valence-electron chi connectivity index (χ3n) is 1.11. The number of hydrogen-bond donors (Lipinski definition) is 4. The summed E-state index contributed by atoms with van der Waals surface area (Å²) in [6.45, 7) is 0.541. The summed E-state index contributed by atoms with van der Waals surface area (Å²) in [5.41, 5.74) is 0. The van der Waals surface area contributed by atoms with Crippen molar-refractivity contribution >= 4 is 35.5 Å². The minimum absolute atomic E-state index is 0.0841. The molecule has 0 aliphatic carbocycles. The molecule has 4 N–H and O–H groups in total. The monoisotopic (exact) mass is 254 g/mol. The lowest BCUT2D eigenvalue weighted by Crippen LogP contribution is -2.29. The molecule has 0 rings (SSSR count). The fourth-order valence-corrected chi connectivity index (χ4v) is 1.66. The minimum Gasteiger partial charge on any atom is -0.481 e. The van der Waals surface area contributed by atoms with Gasteiger partial charge in [-0.25, -0.2) is 0 Å². The summed E-state index contributed by atoms with van der Waals surface area (Å²) < 4.78 is 0. The second-order valence-electron chi connectivity index (χ2n) is 2.45. The number of rotatable bonds is 10. The molecule has 0 bridgehead atoms. The van der Waals surface area contributed by atoms with Crippen LogP contribution in [0, 0.1) is 0 Å². The number of carboxylic acid groups (broad SMARTS) is 2. The summed E-state index contributed by atoms with van der Waals surface area (Å²) in [4.78, 5) is 20.2. The fourth-order valence-electron chi connectivity index (χ4n) is 0.611. The van der Waals surface area contributed by atoms with Gasteiger partial charge in [-0.2, -0.15) is 0 Å². The molecule has 0 aromatic carbocycles. The van der Waals surface area contributed by atoms with Crippen LogP contribution >= 0.6 is 23.5 Å². The highest BCUT2D eigenvalue weighted by molar-refractivity contribution is 8.00. The molecule has 15 heavy (non-hydrogen) atoms. The van der Waals surface area contributed by atoms with Crippen molar-refractivity contribution < 1.29 is 19.8 Å². The molecule has 0 saturated carbocycles. The van der Waals surface area contributed by atoms with Crippen LogP contribution in [0.3, 0.4) is 0 Å². The van der Waals surface area contributed by atoms with Gasteiger partial charge in [0.1, 0.15) is 0 Å². The van der Waals surface area contributed by atoms with Crippen LogP contribution in [0.4, 0.5) is 0 Å². The van der Waals surface area contributed by atoms with E-state index in [1.54, 1.807) is 0 Å². The Morgan fingerprint density at radius 1 is 0.933 bits per heavy atom. The molecule has 0 aromatic rings. The zero-order valence-electron chi connectivity index (χ0n) is 8.06. The maximum atomic E-state index is 10.1. The van der Waals surface area contributed by atoms with Gasteiger partial charge in [-0.3, -0.25) is 20.2 Å². The van der Waals surface area contributed by atoms with E-state index in [9.17, 15) is 9.59 Å². The molecule has 0 fully saturated rings. The van der Waals surface area contributed by atoms with Gasteiger partial charge in [0.15, 0.2) is 0 Å². The van der Waals surface area contributed by atoms with Crippen LogP contribution in [0.2, 0.25) is 0 Å². The van der Waals surface area contributed by atoms with Gasteiger partial charge in [-0.1, -0.05) is 0 Å². The van der Waals surface area contributed by atoms with Crippen LogP contribution < -0.4 is 10.6 Å². The molecule has 0 aliphatic rings. The Hall–Kier alpha value is -0.440. The average molecular weight is 254 g/mol. The third kappa shape index (κ3) is 13.6. The van der Waals surface area contributed by atoms with Crippen molar-refractivity contribution in [1.82, 2.24) is 10.6 Å². The van der Waals surface area contributed by atoms with E-state index in [0.717, 1.165) is 0 Å². The maximum absolute atomic E-state index is 10.1. The highest BCUT2D eigenvalue weighted by Gasteiger charge is 1.96. The third-order valence-corrected chi connectivity index (χ3v) is 2.83. The first-order valence-corrected chi connectivity index (χ1v) is 6.44. The molecular weight excluding hydrogens is 240 g/mol. The maximum Gasteiger partial charge on any atom is 0.313 e.